The summed E-state index contributed by atoms with van der Waals surface area (Å²) in [7, 11) is 0. The smallest absolute Gasteiger partial charge is 0.149 e. The second-order valence-corrected chi connectivity index (χ2v) is 5.57. The Labute approximate surface area is 120 Å². The predicted molar refractivity (Wildman–Crippen MR) is 79.0 cm³/mol. The van der Waals surface area contributed by atoms with Crippen LogP contribution in [0.25, 0.3) is 0 Å². The van der Waals surface area contributed by atoms with Gasteiger partial charge in [-0.3, -0.25) is 0 Å². The minimum absolute atomic E-state index is 0.138. The Kier molecular flexibility index (Phi) is 5.35. The molecule has 1 aromatic rings. The minimum Gasteiger partial charge on any atom is -0.367 e. The molecular weight excluding hydrogens is 258 g/mol. The van der Waals surface area contributed by atoms with Gasteiger partial charge in [-0.2, -0.15) is 0 Å². The van der Waals surface area contributed by atoms with E-state index in [9.17, 15) is 8.78 Å². The van der Waals surface area contributed by atoms with Gasteiger partial charge in [-0.25, -0.2) is 8.78 Å². The first kappa shape index (κ1) is 15.2. The second kappa shape index (κ2) is 7.02. The number of halogens is 2. The fraction of sp³-hybridized carbons (Fsp3) is 0.625. The number of nitrogens with zero attached hydrogens (tertiary/aromatic N) is 1. The van der Waals surface area contributed by atoms with Gasteiger partial charge in [0.1, 0.15) is 17.3 Å². The molecule has 1 N–H and O–H groups in total. The number of rotatable bonds is 8. The summed E-state index contributed by atoms with van der Waals surface area (Å²) < 4.78 is 28.4. The molecule has 2 rings (SSSR count). The highest BCUT2D eigenvalue weighted by Gasteiger charge is 2.26. The third kappa shape index (κ3) is 3.92. The molecule has 0 aliphatic heterocycles. The average Bonchev–Trinajstić information content (AvgIpc) is 3.21. The standard InChI is InChI=1S/C16H24F2N2/c1-3-7-19-10-13-8-14(17)16(15(18)9-13)20(4-2)11-12-5-6-12/h8-9,12,19H,3-7,10-11H2,1-2H3. The maximum absolute atomic E-state index is 14.2. The van der Waals surface area contributed by atoms with Crippen LogP contribution in [0.4, 0.5) is 14.5 Å². The van der Waals surface area contributed by atoms with Gasteiger partial charge in [0.15, 0.2) is 0 Å². The van der Waals surface area contributed by atoms with E-state index in [2.05, 4.69) is 12.2 Å². The van der Waals surface area contributed by atoms with Gasteiger partial charge in [0, 0.05) is 19.6 Å². The first-order valence-corrected chi connectivity index (χ1v) is 7.59. The van der Waals surface area contributed by atoms with Gasteiger partial charge in [-0.05, 0) is 56.3 Å². The summed E-state index contributed by atoms with van der Waals surface area (Å²) in [6, 6.07) is 2.91. The van der Waals surface area contributed by atoms with E-state index in [1.54, 1.807) is 0 Å². The van der Waals surface area contributed by atoms with E-state index in [-0.39, 0.29) is 5.69 Å². The Morgan fingerprint density at radius 3 is 2.35 bits per heavy atom. The van der Waals surface area contributed by atoms with Gasteiger partial charge in [0.25, 0.3) is 0 Å². The molecule has 0 bridgehead atoms. The summed E-state index contributed by atoms with van der Waals surface area (Å²) in [4.78, 5) is 1.82. The van der Waals surface area contributed by atoms with Crippen molar-refractivity contribution in [3.8, 4) is 0 Å². The zero-order chi connectivity index (χ0) is 14.5. The molecule has 1 aliphatic rings. The van der Waals surface area contributed by atoms with Crippen molar-refractivity contribution in [1.82, 2.24) is 5.32 Å². The maximum Gasteiger partial charge on any atom is 0.149 e. The van der Waals surface area contributed by atoms with Gasteiger partial charge in [0.05, 0.1) is 0 Å². The topological polar surface area (TPSA) is 15.3 Å². The van der Waals surface area contributed by atoms with Crippen LogP contribution in [0, 0.1) is 17.6 Å². The van der Waals surface area contributed by atoms with E-state index in [1.165, 1.54) is 25.0 Å². The molecule has 0 atom stereocenters. The van der Waals surface area contributed by atoms with Crippen molar-refractivity contribution in [1.29, 1.82) is 0 Å². The average molecular weight is 282 g/mol. The summed E-state index contributed by atoms with van der Waals surface area (Å²) in [5.41, 5.74) is 0.804. The lowest BCUT2D eigenvalue weighted by atomic mass is 10.1. The Bertz CT molecular complexity index is 421. The lowest BCUT2D eigenvalue weighted by Crippen LogP contribution is -2.27. The highest BCUT2D eigenvalue weighted by atomic mass is 19.1. The number of hydrogen-bond donors (Lipinski definition) is 1. The van der Waals surface area contributed by atoms with E-state index >= 15 is 0 Å². The Morgan fingerprint density at radius 2 is 1.85 bits per heavy atom. The minimum atomic E-state index is -0.444. The van der Waals surface area contributed by atoms with Crippen molar-refractivity contribution >= 4 is 5.69 Å². The van der Waals surface area contributed by atoms with Crippen molar-refractivity contribution < 1.29 is 8.78 Å². The van der Waals surface area contributed by atoms with E-state index in [1.807, 2.05) is 11.8 Å². The summed E-state index contributed by atoms with van der Waals surface area (Å²) in [5, 5.41) is 3.16. The fourth-order valence-corrected chi connectivity index (χ4v) is 2.42. The first-order chi connectivity index (χ1) is 9.65. The monoisotopic (exact) mass is 282 g/mol. The Morgan fingerprint density at radius 1 is 1.20 bits per heavy atom. The largest absolute Gasteiger partial charge is 0.367 e. The molecule has 1 aromatic carbocycles. The molecule has 1 fully saturated rings. The molecule has 20 heavy (non-hydrogen) atoms. The van der Waals surface area contributed by atoms with Crippen molar-refractivity contribution in [3.63, 3.8) is 0 Å². The quantitative estimate of drug-likeness (QED) is 0.731. The fourth-order valence-electron chi connectivity index (χ4n) is 2.42. The molecule has 1 saturated carbocycles. The summed E-state index contributed by atoms with van der Waals surface area (Å²) >= 11 is 0. The molecule has 0 spiro atoms. The van der Waals surface area contributed by atoms with Gasteiger partial charge in [-0.1, -0.05) is 6.92 Å². The van der Waals surface area contributed by atoms with Gasteiger partial charge < -0.3 is 10.2 Å². The third-order valence-corrected chi connectivity index (χ3v) is 3.71. The maximum atomic E-state index is 14.2. The van der Waals surface area contributed by atoms with Crippen molar-refractivity contribution in [2.45, 2.75) is 39.7 Å². The number of nitrogens with one attached hydrogen (secondary N) is 1. The van der Waals surface area contributed by atoms with Crippen LogP contribution in [-0.4, -0.2) is 19.6 Å². The van der Waals surface area contributed by atoms with Crippen molar-refractivity contribution in [2.75, 3.05) is 24.5 Å². The predicted octanol–water partition coefficient (Wildman–Crippen LogP) is 3.70. The molecule has 1 aliphatic carbocycles. The summed E-state index contributed by atoms with van der Waals surface area (Å²) in [6.07, 6.45) is 3.37. The molecule has 0 aromatic heterocycles. The second-order valence-electron chi connectivity index (χ2n) is 5.57. The van der Waals surface area contributed by atoms with Crippen LogP contribution >= 0.6 is 0 Å². The van der Waals surface area contributed by atoms with Crippen LogP contribution in [0.5, 0.6) is 0 Å². The van der Waals surface area contributed by atoms with Crippen LogP contribution in [0.1, 0.15) is 38.7 Å². The zero-order valence-corrected chi connectivity index (χ0v) is 12.4. The van der Waals surface area contributed by atoms with Crippen molar-refractivity contribution in [3.05, 3.63) is 29.3 Å². The Balaban J connectivity index is 2.11. The van der Waals surface area contributed by atoms with Crippen LogP contribution in [0.2, 0.25) is 0 Å². The lowest BCUT2D eigenvalue weighted by molar-refractivity contribution is 0.561. The normalized spacial score (nSPS) is 14.6. The van der Waals surface area contributed by atoms with Gasteiger partial charge >= 0.3 is 0 Å². The molecule has 2 nitrogen and oxygen atoms in total. The number of anilines is 1. The zero-order valence-electron chi connectivity index (χ0n) is 12.4. The van der Waals surface area contributed by atoms with E-state index in [0.29, 0.717) is 24.6 Å². The molecule has 0 unspecified atom stereocenters. The Hall–Kier alpha value is -1.16. The van der Waals surface area contributed by atoms with Gasteiger partial charge in [0.2, 0.25) is 0 Å². The van der Waals surface area contributed by atoms with Crippen LogP contribution in [0.15, 0.2) is 12.1 Å². The lowest BCUT2D eigenvalue weighted by Gasteiger charge is -2.24. The molecule has 112 valence electrons. The van der Waals surface area contributed by atoms with E-state index < -0.39 is 11.6 Å². The molecule has 0 radical (unpaired) electrons. The third-order valence-electron chi connectivity index (χ3n) is 3.71. The van der Waals surface area contributed by atoms with Crippen LogP contribution in [-0.2, 0) is 6.54 Å². The molecule has 0 amide bonds. The molecular formula is C16H24F2N2. The van der Waals surface area contributed by atoms with E-state index in [4.69, 9.17) is 0 Å². The first-order valence-electron chi connectivity index (χ1n) is 7.59. The summed E-state index contributed by atoms with van der Waals surface area (Å²) in [6.45, 7) is 6.77. The van der Waals surface area contributed by atoms with E-state index in [0.717, 1.165) is 19.5 Å². The van der Waals surface area contributed by atoms with Crippen molar-refractivity contribution in [2.24, 2.45) is 5.92 Å². The molecule has 4 heteroatoms. The summed E-state index contributed by atoms with van der Waals surface area (Å²) in [5.74, 6) is -0.277. The van der Waals surface area contributed by atoms with Crippen LogP contribution in [0.3, 0.4) is 0 Å². The highest BCUT2D eigenvalue weighted by Crippen LogP contribution is 2.33. The van der Waals surface area contributed by atoms with Crippen LogP contribution < -0.4 is 10.2 Å². The number of benzene rings is 1. The van der Waals surface area contributed by atoms with Gasteiger partial charge in [-0.15, -0.1) is 0 Å². The highest BCUT2D eigenvalue weighted by molar-refractivity contribution is 5.51. The molecule has 0 saturated heterocycles. The molecule has 0 heterocycles. The number of hydrogen-bond acceptors (Lipinski definition) is 2. The SMILES string of the molecule is CCCNCc1cc(F)c(N(CC)CC2CC2)c(F)c1.